The Hall–Kier alpha value is -1.57. The van der Waals surface area contributed by atoms with Crippen LogP contribution in [0.25, 0.3) is 5.69 Å². The molecule has 0 amide bonds. The first-order valence-corrected chi connectivity index (χ1v) is 7.33. The van der Waals surface area contributed by atoms with Crippen LogP contribution in [-0.2, 0) is 6.54 Å². The van der Waals surface area contributed by atoms with Gasteiger partial charge in [-0.1, -0.05) is 18.2 Å². The number of guanidine groups is 1. The van der Waals surface area contributed by atoms with Crippen molar-refractivity contribution < 1.29 is 0 Å². The summed E-state index contributed by atoms with van der Waals surface area (Å²) in [5, 5.41) is 10.9. The van der Waals surface area contributed by atoms with Gasteiger partial charge in [0.05, 0.1) is 18.4 Å². The first-order valence-electron chi connectivity index (χ1n) is 7.33. The van der Waals surface area contributed by atoms with Crippen molar-refractivity contribution in [2.45, 2.75) is 33.4 Å². The summed E-state index contributed by atoms with van der Waals surface area (Å²) in [4.78, 5) is 4.57. The van der Waals surface area contributed by atoms with Gasteiger partial charge in [0.25, 0.3) is 0 Å². The van der Waals surface area contributed by atoms with Crippen LogP contribution < -0.4 is 10.6 Å². The smallest absolute Gasteiger partial charge is 0.191 e. The fourth-order valence-corrected chi connectivity index (χ4v) is 1.93. The standard InChI is InChI=1S/C16H23N5.HI/c1-4-17-16(20-13(2)3)18-10-14-11-19-21(12-14)15-8-6-5-7-9-15;/h5-9,11-13H,4,10H2,1-3H3,(H2,17,18,20);1H. The Kier molecular flexibility index (Phi) is 7.94. The molecule has 0 aliphatic carbocycles. The van der Waals surface area contributed by atoms with E-state index < -0.39 is 0 Å². The van der Waals surface area contributed by atoms with Crippen LogP contribution in [-0.4, -0.2) is 28.3 Å². The van der Waals surface area contributed by atoms with E-state index in [1.807, 2.05) is 47.4 Å². The molecule has 0 radical (unpaired) electrons. The minimum absolute atomic E-state index is 0. The third-order valence-corrected chi connectivity index (χ3v) is 2.85. The molecule has 0 bridgehead atoms. The van der Waals surface area contributed by atoms with Crippen LogP contribution in [0.1, 0.15) is 26.3 Å². The Bertz CT molecular complexity index is 577. The number of aromatic nitrogens is 2. The Labute approximate surface area is 149 Å². The van der Waals surface area contributed by atoms with Gasteiger partial charge in [-0.3, -0.25) is 0 Å². The number of nitrogens with one attached hydrogen (secondary N) is 2. The lowest BCUT2D eigenvalue weighted by Gasteiger charge is -2.13. The van der Waals surface area contributed by atoms with E-state index in [1.165, 1.54) is 0 Å². The second kappa shape index (κ2) is 9.45. The van der Waals surface area contributed by atoms with E-state index in [2.05, 4.69) is 41.5 Å². The normalized spacial score (nSPS) is 11.2. The van der Waals surface area contributed by atoms with Crippen LogP contribution in [0.5, 0.6) is 0 Å². The fourth-order valence-electron chi connectivity index (χ4n) is 1.93. The van der Waals surface area contributed by atoms with E-state index in [4.69, 9.17) is 0 Å². The van der Waals surface area contributed by atoms with E-state index in [1.54, 1.807) is 0 Å². The summed E-state index contributed by atoms with van der Waals surface area (Å²) in [6, 6.07) is 10.4. The van der Waals surface area contributed by atoms with Gasteiger partial charge in [-0.2, -0.15) is 5.10 Å². The Morgan fingerprint density at radius 1 is 1.27 bits per heavy atom. The summed E-state index contributed by atoms with van der Waals surface area (Å²) in [6.45, 7) is 7.71. The van der Waals surface area contributed by atoms with Crippen LogP contribution >= 0.6 is 24.0 Å². The van der Waals surface area contributed by atoms with Crippen LogP contribution in [0.3, 0.4) is 0 Å². The summed E-state index contributed by atoms with van der Waals surface area (Å²) in [5.41, 5.74) is 2.14. The van der Waals surface area contributed by atoms with E-state index in [0.717, 1.165) is 23.8 Å². The number of para-hydroxylation sites is 1. The topological polar surface area (TPSA) is 54.2 Å². The largest absolute Gasteiger partial charge is 0.357 e. The molecule has 1 aromatic carbocycles. The van der Waals surface area contributed by atoms with Crippen molar-refractivity contribution in [3.05, 3.63) is 48.3 Å². The van der Waals surface area contributed by atoms with Crippen molar-refractivity contribution in [2.75, 3.05) is 6.54 Å². The van der Waals surface area contributed by atoms with Gasteiger partial charge in [-0.15, -0.1) is 24.0 Å². The summed E-state index contributed by atoms with van der Waals surface area (Å²) in [7, 11) is 0. The van der Waals surface area contributed by atoms with E-state index in [9.17, 15) is 0 Å². The molecule has 5 nitrogen and oxygen atoms in total. The second-order valence-electron chi connectivity index (χ2n) is 5.12. The zero-order valence-electron chi connectivity index (χ0n) is 13.3. The van der Waals surface area contributed by atoms with Crippen molar-refractivity contribution in [3.8, 4) is 5.69 Å². The third kappa shape index (κ3) is 5.67. The molecule has 0 spiro atoms. The lowest BCUT2D eigenvalue weighted by molar-refractivity contribution is 0.700. The number of benzene rings is 1. The average Bonchev–Trinajstić information content (AvgIpc) is 2.94. The van der Waals surface area contributed by atoms with Gasteiger partial charge in [0.1, 0.15) is 0 Å². The van der Waals surface area contributed by atoms with Gasteiger partial charge in [0.2, 0.25) is 0 Å². The van der Waals surface area contributed by atoms with Gasteiger partial charge in [-0.05, 0) is 32.9 Å². The highest BCUT2D eigenvalue weighted by Gasteiger charge is 2.02. The van der Waals surface area contributed by atoms with Crippen molar-refractivity contribution in [1.82, 2.24) is 20.4 Å². The molecule has 6 heteroatoms. The average molecular weight is 413 g/mol. The predicted octanol–water partition coefficient (Wildman–Crippen LogP) is 2.95. The summed E-state index contributed by atoms with van der Waals surface area (Å²) < 4.78 is 1.87. The number of nitrogens with zero attached hydrogens (tertiary/aromatic N) is 3. The zero-order valence-corrected chi connectivity index (χ0v) is 15.6. The summed E-state index contributed by atoms with van der Waals surface area (Å²) in [6.07, 6.45) is 3.87. The number of rotatable bonds is 5. The van der Waals surface area contributed by atoms with E-state index in [0.29, 0.717) is 12.6 Å². The van der Waals surface area contributed by atoms with Gasteiger partial charge in [0.15, 0.2) is 5.96 Å². The summed E-state index contributed by atoms with van der Waals surface area (Å²) in [5.74, 6) is 0.833. The van der Waals surface area contributed by atoms with Crippen molar-refractivity contribution >= 4 is 29.9 Å². The lowest BCUT2D eigenvalue weighted by atomic mass is 10.3. The number of aliphatic imine (C=N–C) groups is 1. The monoisotopic (exact) mass is 413 g/mol. The fraction of sp³-hybridized carbons (Fsp3) is 0.375. The molecular formula is C16H24IN5. The first kappa shape index (κ1) is 18.5. The number of hydrogen-bond donors (Lipinski definition) is 2. The SMILES string of the molecule is CCNC(=NCc1cnn(-c2ccccc2)c1)NC(C)C.I. The van der Waals surface area contributed by atoms with Gasteiger partial charge in [0, 0.05) is 24.3 Å². The Morgan fingerprint density at radius 2 is 2.00 bits per heavy atom. The molecule has 22 heavy (non-hydrogen) atoms. The minimum Gasteiger partial charge on any atom is -0.357 e. The second-order valence-corrected chi connectivity index (χ2v) is 5.12. The van der Waals surface area contributed by atoms with Crippen LogP contribution in [0.4, 0.5) is 0 Å². The van der Waals surface area contributed by atoms with Crippen molar-refractivity contribution in [3.63, 3.8) is 0 Å². The maximum atomic E-state index is 4.57. The molecule has 0 aliphatic rings. The summed E-state index contributed by atoms with van der Waals surface area (Å²) >= 11 is 0. The van der Waals surface area contributed by atoms with Crippen LogP contribution in [0, 0.1) is 0 Å². The predicted molar refractivity (Wildman–Crippen MR) is 102 cm³/mol. The zero-order chi connectivity index (χ0) is 15.1. The van der Waals surface area contributed by atoms with Crippen LogP contribution in [0.15, 0.2) is 47.7 Å². The van der Waals surface area contributed by atoms with Gasteiger partial charge >= 0.3 is 0 Å². The molecule has 0 unspecified atom stereocenters. The van der Waals surface area contributed by atoms with E-state index >= 15 is 0 Å². The van der Waals surface area contributed by atoms with Crippen molar-refractivity contribution in [2.24, 2.45) is 4.99 Å². The van der Waals surface area contributed by atoms with E-state index in [-0.39, 0.29) is 24.0 Å². The number of halogens is 1. The van der Waals surface area contributed by atoms with Gasteiger partial charge in [-0.25, -0.2) is 9.67 Å². The molecule has 0 saturated carbocycles. The molecule has 0 fully saturated rings. The highest BCUT2D eigenvalue weighted by molar-refractivity contribution is 14.0. The van der Waals surface area contributed by atoms with Gasteiger partial charge < -0.3 is 10.6 Å². The minimum atomic E-state index is 0. The molecule has 0 saturated heterocycles. The third-order valence-electron chi connectivity index (χ3n) is 2.85. The molecule has 0 aliphatic heterocycles. The molecule has 120 valence electrons. The first-order chi connectivity index (χ1) is 10.2. The Morgan fingerprint density at radius 3 is 2.64 bits per heavy atom. The molecule has 0 atom stereocenters. The lowest BCUT2D eigenvalue weighted by Crippen LogP contribution is -2.40. The molecular weight excluding hydrogens is 389 g/mol. The quantitative estimate of drug-likeness (QED) is 0.450. The maximum absolute atomic E-state index is 4.57. The highest BCUT2D eigenvalue weighted by atomic mass is 127. The highest BCUT2D eigenvalue weighted by Crippen LogP contribution is 2.08. The maximum Gasteiger partial charge on any atom is 0.191 e. The number of hydrogen-bond acceptors (Lipinski definition) is 2. The molecule has 2 rings (SSSR count). The van der Waals surface area contributed by atoms with Crippen LogP contribution in [0.2, 0.25) is 0 Å². The van der Waals surface area contributed by atoms with Crippen molar-refractivity contribution in [1.29, 1.82) is 0 Å². The molecule has 1 heterocycles. The molecule has 1 aromatic heterocycles. The molecule has 2 N–H and O–H groups in total. The molecule has 2 aromatic rings. The Balaban J connectivity index is 0.00000242.